The van der Waals surface area contributed by atoms with Gasteiger partial charge in [-0.3, -0.25) is 0 Å². The number of rotatable bonds is 2. The van der Waals surface area contributed by atoms with Crippen LogP contribution in [0.1, 0.15) is 0 Å². The quantitative estimate of drug-likeness (QED) is 0.230. The van der Waals surface area contributed by atoms with E-state index < -0.39 is 0 Å². The van der Waals surface area contributed by atoms with Crippen molar-refractivity contribution in [2.75, 3.05) is 0 Å². The first-order valence-electron chi connectivity index (χ1n) is 13.7. The number of nitrogens with zero attached hydrogens (tertiary/aromatic N) is 1. The fourth-order valence-electron chi connectivity index (χ4n) is 6.69. The maximum absolute atomic E-state index is 6.78. The normalized spacial score (nSPS) is 12.8. The zero-order chi connectivity index (χ0) is 26.2. The smallest absolute Gasteiger partial charge is 0.260 e. The standard InChI is InChI=1S/C36H22BNO2/c1-5-17-29-23(11-1)24-12-2-6-18-30(24)38(29)31-19-7-3-13-25(31)26-14-9-16-28-36(26)40-34-22-10-21-33-35(34)37(28)27-15-4-8-20-32(27)39-33/h1-22H. The maximum Gasteiger partial charge on any atom is 0.260 e. The van der Waals surface area contributed by atoms with Gasteiger partial charge in [-0.15, -0.1) is 0 Å². The number of hydrogen-bond acceptors (Lipinski definition) is 2. The van der Waals surface area contributed by atoms with Crippen molar-refractivity contribution >= 4 is 44.9 Å². The Hall–Kier alpha value is -5.22. The van der Waals surface area contributed by atoms with Crippen LogP contribution < -0.4 is 25.9 Å². The van der Waals surface area contributed by atoms with E-state index >= 15 is 0 Å². The van der Waals surface area contributed by atoms with E-state index in [1.165, 1.54) is 27.3 Å². The lowest BCUT2D eigenvalue weighted by atomic mass is 9.34. The minimum Gasteiger partial charge on any atom is -0.458 e. The molecule has 2 aliphatic rings. The van der Waals surface area contributed by atoms with Gasteiger partial charge in [-0.1, -0.05) is 97.1 Å². The van der Waals surface area contributed by atoms with Crippen LogP contribution in [0.25, 0.3) is 38.6 Å². The Kier molecular flexibility index (Phi) is 4.41. The largest absolute Gasteiger partial charge is 0.458 e. The molecule has 2 aliphatic heterocycles. The van der Waals surface area contributed by atoms with Crippen LogP contribution in [-0.2, 0) is 0 Å². The van der Waals surface area contributed by atoms with Crippen molar-refractivity contribution in [1.29, 1.82) is 0 Å². The average molecular weight is 511 g/mol. The molecule has 7 aromatic rings. The van der Waals surface area contributed by atoms with E-state index in [-0.39, 0.29) is 6.71 Å². The first-order chi connectivity index (χ1) is 19.9. The Morgan fingerprint density at radius 1 is 0.450 bits per heavy atom. The molecule has 186 valence electrons. The van der Waals surface area contributed by atoms with Gasteiger partial charge in [0.25, 0.3) is 6.71 Å². The van der Waals surface area contributed by atoms with Crippen LogP contribution in [0.4, 0.5) is 0 Å². The van der Waals surface area contributed by atoms with Crippen LogP contribution in [0.2, 0.25) is 0 Å². The topological polar surface area (TPSA) is 23.4 Å². The summed E-state index contributed by atoms with van der Waals surface area (Å²) in [6.45, 7) is 0.0419. The SMILES string of the molecule is c1ccc2c(c1)Oc1cccc3c1B2c1cccc(-c2ccccc2-n2c4ccccc4c4ccccc42)c1O3. The second-order valence-electron chi connectivity index (χ2n) is 10.5. The molecule has 6 aromatic carbocycles. The number of benzene rings is 6. The molecule has 0 saturated carbocycles. The molecule has 4 heteroatoms. The molecular formula is C36H22BNO2. The molecule has 3 nitrogen and oxygen atoms in total. The van der Waals surface area contributed by atoms with Gasteiger partial charge in [0.2, 0.25) is 0 Å². The summed E-state index contributed by atoms with van der Waals surface area (Å²) in [5.74, 6) is 3.53. The van der Waals surface area contributed by atoms with Crippen molar-refractivity contribution in [2.24, 2.45) is 0 Å². The highest BCUT2D eigenvalue weighted by molar-refractivity contribution is 6.98. The molecule has 0 aliphatic carbocycles. The fourth-order valence-corrected chi connectivity index (χ4v) is 6.69. The van der Waals surface area contributed by atoms with Gasteiger partial charge in [-0.05, 0) is 47.3 Å². The van der Waals surface area contributed by atoms with Crippen molar-refractivity contribution in [1.82, 2.24) is 4.57 Å². The zero-order valence-corrected chi connectivity index (χ0v) is 21.5. The highest BCUT2D eigenvalue weighted by atomic mass is 16.5. The van der Waals surface area contributed by atoms with E-state index in [0.29, 0.717) is 0 Å². The van der Waals surface area contributed by atoms with Gasteiger partial charge in [0, 0.05) is 27.4 Å². The highest BCUT2D eigenvalue weighted by Gasteiger charge is 2.40. The number of para-hydroxylation sites is 5. The molecule has 0 bridgehead atoms. The Bertz CT molecular complexity index is 2090. The number of fused-ring (bicyclic) bond motifs is 7. The number of ether oxygens (including phenoxy) is 2. The van der Waals surface area contributed by atoms with E-state index in [9.17, 15) is 0 Å². The highest BCUT2D eigenvalue weighted by Crippen LogP contribution is 2.42. The van der Waals surface area contributed by atoms with Gasteiger partial charge in [-0.25, -0.2) is 0 Å². The van der Waals surface area contributed by atoms with Crippen LogP contribution in [-0.4, -0.2) is 11.3 Å². The van der Waals surface area contributed by atoms with Crippen molar-refractivity contribution in [3.8, 4) is 39.8 Å². The third-order valence-corrected chi connectivity index (χ3v) is 8.35. The van der Waals surface area contributed by atoms with Crippen molar-refractivity contribution in [3.05, 3.63) is 133 Å². The van der Waals surface area contributed by atoms with E-state index in [2.05, 4.69) is 120 Å². The van der Waals surface area contributed by atoms with Crippen LogP contribution in [0.3, 0.4) is 0 Å². The molecule has 0 amide bonds. The minimum absolute atomic E-state index is 0.0419. The average Bonchev–Trinajstić information content (AvgIpc) is 3.35. The Morgan fingerprint density at radius 2 is 1.02 bits per heavy atom. The molecule has 9 rings (SSSR count). The Morgan fingerprint density at radius 3 is 1.85 bits per heavy atom. The van der Waals surface area contributed by atoms with Gasteiger partial charge < -0.3 is 14.0 Å². The van der Waals surface area contributed by atoms with Gasteiger partial charge in [0.15, 0.2) is 0 Å². The molecule has 0 atom stereocenters. The monoisotopic (exact) mass is 511 g/mol. The minimum atomic E-state index is 0.0419. The van der Waals surface area contributed by atoms with E-state index in [4.69, 9.17) is 9.47 Å². The van der Waals surface area contributed by atoms with Crippen LogP contribution in [0, 0.1) is 0 Å². The lowest BCUT2D eigenvalue weighted by Crippen LogP contribution is -2.57. The summed E-state index contributed by atoms with van der Waals surface area (Å²) in [5, 5.41) is 2.50. The maximum atomic E-state index is 6.78. The molecular weight excluding hydrogens is 489 g/mol. The van der Waals surface area contributed by atoms with Crippen molar-refractivity contribution in [3.63, 3.8) is 0 Å². The van der Waals surface area contributed by atoms with Crippen LogP contribution in [0.15, 0.2) is 133 Å². The first-order valence-corrected chi connectivity index (χ1v) is 13.7. The molecule has 0 saturated heterocycles. The molecule has 0 unspecified atom stereocenters. The Labute approximate surface area is 231 Å². The van der Waals surface area contributed by atoms with Gasteiger partial charge in [-0.2, -0.15) is 0 Å². The summed E-state index contributed by atoms with van der Waals surface area (Å²) in [4.78, 5) is 0. The Balaban J connectivity index is 1.32. The second-order valence-corrected chi connectivity index (χ2v) is 10.5. The number of hydrogen-bond donors (Lipinski definition) is 0. The van der Waals surface area contributed by atoms with Gasteiger partial charge >= 0.3 is 0 Å². The van der Waals surface area contributed by atoms with Crippen molar-refractivity contribution in [2.45, 2.75) is 0 Å². The molecule has 0 fully saturated rings. The fraction of sp³-hybridized carbons (Fsp3) is 0. The van der Waals surface area contributed by atoms with E-state index in [0.717, 1.165) is 50.7 Å². The molecule has 1 aromatic heterocycles. The van der Waals surface area contributed by atoms with Crippen LogP contribution in [0.5, 0.6) is 23.0 Å². The third-order valence-electron chi connectivity index (χ3n) is 8.35. The number of aromatic nitrogens is 1. The van der Waals surface area contributed by atoms with E-state index in [1.54, 1.807) is 0 Å². The lowest BCUT2D eigenvalue weighted by Gasteiger charge is -2.33. The van der Waals surface area contributed by atoms with Gasteiger partial charge in [0.05, 0.1) is 16.7 Å². The molecule has 0 spiro atoms. The van der Waals surface area contributed by atoms with Gasteiger partial charge in [0.1, 0.15) is 23.0 Å². The lowest BCUT2D eigenvalue weighted by molar-refractivity contribution is 0.465. The summed E-state index contributed by atoms with van der Waals surface area (Å²) >= 11 is 0. The predicted octanol–water partition coefficient (Wildman–Crippen LogP) is 7.18. The zero-order valence-electron chi connectivity index (χ0n) is 21.5. The summed E-state index contributed by atoms with van der Waals surface area (Å²) < 4.78 is 15.5. The summed E-state index contributed by atoms with van der Waals surface area (Å²) in [6, 6.07) is 47.0. The van der Waals surface area contributed by atoms with E-state index in [1.807, 2.05) is 18.2 Å². The molecule has 0 radical (unpaired) electrons. The summed E-state index contributed by atoms with van der Waals surface area (Å²) in [5.41, 5.74) is 9.14. The summed E-state index contributed by atoms with van der Waals surface area (Å²) in [6.07, 6.45) is 0. The second kappa shape index (κ2) is 8.14. The molecule has 0 N–H and O–H groups in total. The summed E-state index contributed by atoms with van der Waals surface area (Å²) in [7, 11) is 0. The van der Waals surface area contributed by atoms with Crippen LogP contribution >= 0.6 is 0 Å². The predicted molar refractivity (Wildman–Crippen MR) is 164 cm³/mol. The third kappa shape index (κ3) is 2.90. The first kappa shape index (κ1) is 21.7. The van der Waals surface area contributed by atoms with Crippen molar-refractivity contribution < 1.29 is 9.47 Å². The molecule has 3 heterocycles. The molecule has 40 heavy (non-hydrogen) atoms.